The minimum Gasteiger partial charge on any atom is -0.334 e. The molecule has 0 bridgehead atoms. The van der Waals surface area contributed by atoms with Crippen LogP contribution in [0.15, 0.2) is 29.6 Å². The van der Waals surface area contributed by atoms with Crippen LogP contribution in [0.3, 0.4) is 0 Å². The number of urea groups is 1. The van der Waals surface area contributed by atoms with Crippen molar-refractivity contribution in [1.29, 1.82) is 0 Å². The molecule has 1 heterocycles. The Morgan fingerprint density at radius 1 is 1.40 bits per heavy atom. The molecule has 136 valence electrons. The second-order valence-electron chi connectivity index (χ2n) is 5.24. The fourth-order valence-corrected chi connectivity index (χ4v) is 3.42. The molecule has 10 heteroatoms. The van der Waals surface area contributed by atoms with Gasteiger partial charge in [-0.05, 0) is 24.6 Å². The first-order valence-electron chi connectivity index (χ1n) is 7.48. The van der Waals surface area contributed by atoms with Crippen LogP contribution < -0.4 is 10.6 Å². The Kier molecular flexibility index (Phi) is 6.45. The van der Waals surface area contributed by atoms with Crippen molar-refractivity contribution in [2.24, 2.45) is 0 Å². The summed E-state index contributed by atoms with van der Waals surface area (Å²) in [5, 5.41) is 7.21. The Morgan fingerprint density at radius 3 is 2.84 bits per heavy atom. The summed E-state index contributed by atoms with van der Waals surface area (Å²) in [6.07, 6.45) is 0. The van der Waals surface area contributed by atoms with E-state index in [4.69, 9.17) is 0 Å². The maximum Gasteiger partial charge on any atom is 0.321 e. The second kappa shape index (κ2) is 8.37. The number of nitrogens with zero attached hydrogens (tertiary/aromatic N) is 2. The molecule has 0 fully saturated rings. The lowest BCUT2D eigenvalue weighted by Gasteiger charge is -2.14. The smallest absolute Gasteiger partial charge is 0.321 e. The highest BCUT2D eigenvalue weighted by Crippen LogP contribution is 2.17. The summed E-state index contributed by atoms with van der Waals surface area (Å²) in [4.78, 5) is 16.0. The van der Waals surface area contributed by atoms with E-state index in [0.29, 0.717) is 16.4 Å². The summed E-state index contributed by atoms with van der Waals surface area (Å²) in [6.45, 7) is 1.89. The zero-order valence-electron chi connectivity index (χ0n) is 13.8. The average molecular weight is 386 g/mol. The zero-order chi connectivity index (χ0) is 18.4. The standard InChI is InChI=1S/C15H19FN4O3S2/c1-3-25(22,23)20(2)9-13-10-24-15(18-13)19-14(21)17-8-11-5-4-6-12(16)7-11/h4-7,10H,3,8-9H2,1-2H3,(H2,17,18,19,21). The lowest BCUT2D eigenvalue weighted by molar-refractivity contribution is 0.251. The molecular formula is C15H19FN4O3S2. The molecule has 0 radical (unpaired) electrons. The second-order valence-corrected chi connectivity index (χ2v) is 8.46. The quantitative estimate of drug-likeness (QED) is 0.764. The number of carbonyl (C=O) groups excluding carboxylic acids is 1. The molecule has 0 atom stereocenters. The summed E-state index contributed by atoms with van der Waals surface area (Å²) in [6, 6.07) is 5.47. The van der Waals surface area contributed by atoms with E-state index in [0.717, 1.165) is 0 Å². The van der Waals surface area contributed by atoms with Crippen LogP contribution in [0.5, 0.6) is 0 Å². The largest absolute Gasteiger partial charge is 0.334 e. The van der Waals surface area contributed by atoms with E-state index in [2.05, 4.69) is 15.6 Å². The van der Waals surface area contributed by atoms with Crippen LogP contribution >= 0.6 is 11.3 Å². The Bertz CT molecular complexity index is 839. The topological polar surface area (TPSA) is 91.4 Å². The van der Waals surface area contributed by atoms with Crippen molar-refractivity contribution < 1.29 is 17.6 Å². The van der Waals surface area contributed by atoms with Crippen LogP contribution in [0, 0.1) is 5.82 Å². The maximum absolute atomic E-state index is 13.1. The number of amides is 2. The van der Waals surface area contributed by atoms with Gasteiger partial charge in [-0.3, -0.25) is 5.32 Å². The molecule has 0 aliphatic rings. The summed E-state index contributed by atoms with van der Waals surface area (Å²) < 4.78 is 37.7. The highest BCUT2D eigenvalue weighted by atomic mass is 32.2. The maximum atomic E-state index is 13.1. The van der Waals surface area contributed by atoms with Gasteiger partial charge in [0.15, 0.2) is 5.13 Å². The van der Waals surface area contributed by atoms with Gasteiger partial charge >= 0.3 is 6.03 Å². The van der Waals surface area contributed by atoms with E-state index in [-0.39, 0.29) is 24.7 Å². The Balaban J connectivity index is 1.87. The predicted octanol–water partition coefficient (Wildman–Crippen LogP) is 2.39. The fourth-order valence-electron chi connectivity index (χ4n) is 1.95. The van der Waals surface area contributed by atoms with Gasteiger partial charge < -0.3 is 5.32 Å². The number of benzene rings is 1. The van der Waals surface area contributed by atoms with Crippen LogP contribution in [0.4, 0.5) is 14.3 Å². The minimum atomic E-state index is -3.29. The SMILES string of the molecule is CCS(=O)(=O)N(C)Cc1csc(NC(=O)NCc2cccc(F)c2)n1. The average Bonchev–Trinajstić information content (AvgIpc) is 3.00. The van der Waals surface area contributed by atoms with Crippen LogP contribution in [0.25, 0.3) is 0 Å². The monoisotopic (exact) mass is 386 g/mol. The third kappa shape index (κ3) is 5.76. The highest BCUT2D eigenvalue weighted by molar-refractivity contribution is 7.89. The third-order valence-electron chi connectivity index (χ3n) is 3.34. The first kappa shape index (κ1) is 19.3. The number of nitrogens with one attached hydrogen (secondary N) is 2. The molecule has 2 amide bonds. The third-order valence-corrected chi connectivity index (χ3v) is 5.95. The number of hydrogen-bond acceptors (Lipinski definition) is 5. The van der Waals surface area contributed by atoms with Crippen molar-refractivity contribution >= 4 is 32.5 Å². The lowest BCUT2D eigenvalue weighted by Crippen LogP contribution is -2.29. The van der Waals surface area contributed by atoms with E-state index >= 15 is 0 Å². The first-order chi connectivity index (χ1) is 11.8. The van der Waals surface area contributed by atoms with Crippen molar-refractivity contribution in [3.8, 4) is 0 Å². The Hall–Kier alpha value is -2.04. The van der Waals surface area contributed by atoms with Gasteiger partial charge in [-0.15, -0.1) is 11.3 Å². The Labute approximate surface area is 149 Å². The van der Waals surface area contributed by atoms with Crippen LogP contribution in [0.1, 0.15) is 18.2 Å². The first-order valence-corrected chi connectivity index (χ1v) is 9.96. The van der Waals surface area contributed by atoms with Gasteiger partial charge in [-0.2, -0.15) is 4.31 Å². The van der Waals surface area contributed by atoms with Crippen LogP contribution in [-0.2, 0) is 23.1 Å². The van der Waals surface area contributed by atoms with Crippen LogP contribution in [0.2, 0.25) is 0 Å². The molecule has 0 aliphatic carbocycles. The molecule has 2 aromatic rings. The molecule has 0 saturated heterocycles. The Morgan fingerprint density at radius 2 is 2.16 bits per heavy atom. The molecular weight excluding hydrogens is 367 g/mol. The molecule has 0 aliphatic heterocycles. The van der Waals surface area contributed by atoms with Gasteiger partial charge in [0.05, 0.1) is 18.0 Å². The van der Waals surface area contributed by atoms with Gasteiger partial charge in [0.2, 0.25) is 10.0 Å². The van der Waals surface area contributed by atoms with Gasteiger partial charge in [0.25, 0.3) is 0 Å². The van der Waals surface area contributed by atoms with E-state index in [1.54, 1.807) is 24.4 Å². The molecule has 2 N–H and O–H groups in total. The molecule has 1 aromatic heterocycles. The lowest BCUT2D eigenvalue weighted by atomic mass is 10.2. The number of thiazole rings is 1. The predicted molar refractivity (Wildman–Crippen MR) is 95.3 cm³/mol. The minimum absolute atomic E-state index is 0.0151. The van der Waals surface area contributed by atoms with Crippen molar-refractivity contribution in [2.75, 3.05) is 18.1 Å². The molecule has 25 heavy (non-hydrogen) atoms. The number of hydrogen-bond donors (Lipinski definition) is 2. The molecule has 0 spiro atoms. The number of anilines is 1. The summed E-state index contributed by atoms with van der Waals surface area (Å²) in [5.74, 6) is -0.350. The van der Waals surface area contributed by atoms with Gasteiger partial charge in [0, 0.05) is 19.0 Å². The molecule has 2 rings (SSSR count). The highest BCUT2D eigenvalue weighted by Gasteiger charge is 2.17. The van der Waals surface area contributed by atoms with Crippen LogP contribution in [-0.4, -0.2) is 36.5 Å². The fraction of sp³-hybridized carbons (Fsp3) is 0.333. The number of aromatic nitrogens is 1. The van der Waals surface area contributed by atoms with Crippen molar-refractivity contribution in [3.63, 3.8) is 0 Å². The molecule has 0 unspecified atom stereocenters. The number of halogens is 1. The summed E-state index contributed by atoms with van der Waals surface area (Å²) in [7, 11) is -1.80. The van der Waals surface area contributed by atoms with Gasteiger partial charge in [-0.25, -0.2) is 22.6 Å². The van der Waals surface area contributed by atoms with E-state index in [1.165, 1.54) is 34.8 Å². The summed E-state index contributed by atoms with van der Waals surface area (Å²) >= 11 is 1.20. The van der Waals surface area contributed by atoms with Crippen molar-refractivity contribution in [2.45, 2.75) is 20.0 Å². The van der Waals surface area contributed by atoms with Crippen molar-refractivity contribution in [1.82, 2.24) is 14.6 Å². The number of sulfonamides is 1. The van der Waals surface area contributed by atoms with Gasteiger partial charge in [-0.1, -0.05) is 12.1 Å². The van der Waals surface area contributed by atoms with Crippen molar-refractivity contribution in [3.05, 3.63) is 46.7 Å². The number of rotatable bonds is 7. The number of carbonyl (C=O) groups is 1. The van der Waals surface area contributed by atoms with E-state index in [9.17, 15) is 17.6 Å². The molecule has 1 aromatic carbocycles. The van der Waals surface area contributed by atoms with Gasteiger partial charge in [0.1, 0.15) is 5.82 Å². The summed E-state index contributed by atoms with van der Waals surface area (Å²) in [5.41, 5.74) is 1.19. The zero-order valence-corrected chi connectivity index (χ0v) is 15.5. The normalized spacial score (nSPS) is 11.5. The van der Waals surface area contributed by atoms with E-state index in [1.807, 2.05) is 0 Å². The molecule has 7 nitrogen and oxygen atoms in total. The molecule has 0 saturated carbocycles. The van der Waals surface area contributed by atoms with E-state index < -0.39 is 16.1 Å².